The Bertz CT molecular complexity index is 1010. The van der Waals surface area contributed by atoms with Crippen molar-refractivity contribution in [2.75, 3.05) is 0 Å². The second-order valence-corrected chi connectivity index (χ2v) is 6.87. The lowest BCUT2D eigenvalue weighted by Gasteiger charge is -2.17. The number of hydrogen-bond acceptors (Lipinski definition) is 3. The number of para-hydroxylation sites is 1. The number of nitrogens with zero attached hydrogens (tertiary/aromatic N) is 1. The Kier molecular flexibility index (Phi) is 3.79. The van der Waals surface area contributed by atoms with E-state index in [4.69, 9.17) is 9.26 Å². The molecule has 4 aromatic rings. The average Bonchev–Trinajstić information content (AvgIpc) is 3.31. The van der Waals surface area contributed by atoms with E-state index in [-0.39, 0.29) is 12.0 Å². The number of ether oxygens (including phenoxy) is 1. The highest BCUT2D eigenvalue weighted by atomic mass is 16.5. The van der Waals surface area contributed by atoms with Crippen molar-refractivity contribution in [2.45, 2.75) is 18.9 Å². The molecule has 0 amide bonds. The van der Waals surface area contributed by atoms with Gasteiger partial charge in [0.1, 0.15) is 17.5 Å². The molecule has 2 heterocycles. The molecule has 2 atom stereocenters. The van der Waals surface area contributed by atoms with Crippen LogP contribution < -0.4 is 4.74 Å². The summed E-state index contributed by atoms with van der Waals surface area (Å²) in [6.07, 6.45) is -0.140. The van der Waals surface area contributed by atoms with Crippen LogP contribution in [-0.2, 0) is 0 Å². The lowest BCUT2D eigenvalue weighted by atomic mass is 9.89. The minimum atomic E-state index is -0.140. The molecule has 0 N–H and O–H groups in total. The maximum atomic E-state index is 6.39. The smallest absolute Gasteiger partial charge is 0.174 e. The summed E-state index contributed by atoms with van der Waals surface area (Å²) >= 11 is 0. The second kappa shape index (κ2) is 6.44. The van der Waals surface area contributed by atoms with E-state index in [0.717, 1.165) is 33.9 Å². The van der Waals surface area contributed by atoms with Crippen LogP contribution >= 0.6 is 0 Å². The molecule has 27 heavy (non-hydrogen) atoms. The molecule has 1 aliphatic rings. The van der Waals surface area contributed by atoms with Crippen molar-refractivity contribution in [1.29, 1.82) is 0 Å². The fraction of sp³-hybridized carbons (Fsp3) is 0.125. The largest absolute Gasteiger partial charge is 0.485 e. The zero-order valence-electron chi connectivity index (χ0n) is 15.0. The first-order valence-electron chi connectivity index (χ1n) is 9.19. The minimum absolute atomic E-state index is 0.140. The standard InChI is InChI=1S/C24H19NO2/c1-16-19-14-8-9-15-20(19)26-23(16)21-22(17-10-4-2-5-11-17)25-27-24(21)18-12-6-3-7-13-18/h2-16,23H,1H3/t16-,23-/m1/s1. The van der Waals surface area contributed by atoms with Crippen LogP contribution in [0.2, 0.25) is 0 Å². The highest BCUT2D eigenvalue weighted by molar-refractivity contribution is 5.74. The van der Waals surface area contributed by atoms with Gasteiger partial charge in [-0.25, -0.2) is 0 Å². The molecule has 0 saturated heterocycles. The molecule has 0 radical (unpaired) electrons. The molecule has 0 fully saturated rings. The van der Waals surface area contributed by atoms with E-state index in [1.54, 1.807) is 0 Å². The van der Waals surface area contributed by atoms with Gasteiger partial charge in [0.05, 0.1) is 5.56 Å². The number of aromatic nitrogens is 1. The third kappa shape index (κ3) is 2.63. The van der Waals surface area contributed by atoms with Crippen molar-refractivity contribution in [3.8, 4) is 28.3 Å². The van der Waals surface area contributed by atoms with Gasteiger partial charge in [-0.15, -0.1) is 0 Å². The lowest BCUT2D eigenvalue weighted by Crippen LogP contribution is -2.09. The quantitative estimate of drug-likeness (QED) is 0.437. The van der Waals surface area contributed by atoms with E-state index in [0.29, 0.717) is 0 Å². The molecule has 0 bridgehead atoms. The molecule has 0 spiro atoms. The first-order valence-corrected chi connectivity index (χ1v) is 9.19. The molecule has 1 aliphatic heterocycles. The molecule has 0 unspecified atom stereocenters. The third-order valence-electron chi connectivity index (χ3n) is 5.21. The molecular weight excluding hydrogens is 334 g/mol. The Balaban J connectivity index is 1.69. The Hall–Kier alpha value is -3.33. The Labute approximate surface area is 158 Å². The van der Waals surface area contributed by atoms with E-state index >= 15 is 0 Å². The topological polar surface area (TPSA) is 35.3 Å². The van der Waals surface area contributed by atoms with E-state index in [1.165, 1.54) is 5.56 Å². The fourth-order valence-corrected chi connectivity index (χ4v) is 3.84. The third-order valence-corrected chi connectivity index (χ3v) is 5.21. The molecule has 0 saturated carbocycles. The van der Waals surface area contributed by atoms with E-state index in [1.807, 2.05) is 60.7 Å². The van der Waals surface area contributed by atoms with Crippen LogP contribution in [0.15, 0.2) is 89.5 Å². The van der Waals surface area contributed by atoms with Crippen LogP contribution in [-0.4, -0.2) is 5.16 Å². The highest BCUT2D eigenvalue weighted by Crippen LogP contribution is 2.50. The molecule has 3 aromatic carbocycles. The number of benzene rings is 3. The van der Waals surface area contributed by atoms with Crippen molar-refractivity contribution in [2.24, 2.45) is 0 Å². The van der Waals surface area contributed by atoms with Crippen LogP contribution in [0.5, 0.6) is 5.75 Å². The van der Waals surface area contributed by atoms with Gasteiger partial charge < -0.3 is 9.26 Å². The zero-order chi connectivity index (χ0) is 18.2. The van der Waals surface area contributed by atoms with E-state index in [2.05, 4.69) is 36.3 Å². The summed E-state index contributed by atoms with van der Waals surface area (Å²) in [6, 6.07) is 28.5. The Morgan fingerprint density at radius 3 is 2.07 bits per heavy atom. The monoisotopic (exact) mass is 353 g/mol. The molecule has 0 aliphatic carbocycles. The maximum Gasteiger partial charge on any atom is 0.174 e. The Morgan fingerprint density at radius 2 is 1.37 bits per heavy atom. The van der Waals surface area contributed by atoms with Gasteiger partial charge in [0.2, 0.25) is 0 Å². The molecule has 5 rings (SSSR count). The SMILES string of the molecule is C[C@@H]1c2ccccc2O[C@H]1c1c(-c2ccccc2)noc1-c1ccccc1. The summed E-state index contributed by atoms with van der Waals surface area (Å²) in [4.78, 5) is 0. The summed E-state index contributed by atoms with van der Waals surface area (Å²) < 4.78 is 12.3. The van der Waals surface area contributed by atoms with Gasteiger partial charge in [0, 0.05) is 22.6 Å². The van der Waals surface area contributed by atoms with E-state index < -0.39 is 0 Å². The first kappa shape index (κ1) is 15.9. The van der Waals surface area contributed by atoms with Gasteiger partial charge in [-0.1, -0.05) is 90.9 Å². The predicted molar refractivity (Wildman–Crippen MR) is 106 cm³/mol. The zero-order valence-corrected chi connectivity index (χ0v) is 15.0. The van der Waals surface area contributed by atoms with Crippen molar-refractivity contribution in [3.05, 3.63) is 96.1 Å². The molecule has 3 nitrogen and oxygen atoms in total. The Morgan fingerprint density at radius 1 is 0.741 bits per heavy atom. The molecule has 1 aromatic heterocycles. The molecular formula is C24H19NO2. The van der Waals surface area contributed by atoms with Crippen LogP contribution in [0.3, 0.4) is 0 Å². The van der Waals surface area contributed by atoms with E-state index in [9.17, 15) is 0 Å². The first-order chi connectivity index (χ1) is 13.3. The van der Waals surface area contributed by atoms with Crippen molar-refractivity contribution >= 4 is 0 Å². The summed E-state index contributed by atoms with van der Waals surface area (Å²) in [5.74, 6) is 1.93. The van der Waals surface area contributed by atoms with Gasteiger partial charge in [0.15, 0.2) is 5.76 Å². The van der Waals surface area contributed by atoms with Crippen LogP contribution in [0, 0.1) is 0 Å². The lowest BCUT2D eigenvalue weighted by molar-refractivity contribution is 0.216. The van der Waals surface area contributed by atoms with Crippen LogP contribution in [0.25, 0.3) is 22.6 Å². The van der Waals surface area contributed by atoms with Crippen LogP contribution in [0.4, 0.5) is 0 Å². The number of fused-ring (bicyclic) bond motifs is 1. The van der Waals surface area contributed by atoms with Gasteiger partial charge >= 0.3 is 0 Å². The number of rotatable bonds is 3. The summed E-state index contributed by atoms with van der Waals surface area (Å²) in [6.45, 7) is 2.20. The maximum absolute atomic E-state index is 6.39. The highest BCUT2D eigenvalue weighted by Gasteiger charge is 2.38. The average molecular weight is 353 g/mol. The van der Waals surface area contributed by atoms with Gasteiger partial charge in [-0.2, -0.15) is 0 Å². The summed E-state index contributed by atoms with van der Waals surface area (Å²) in [7, 11) is 0. The molecule has 3 heteroatoms. The predicted octanol–water partition coefficient (Wildman–Crippen LogP) is 6.25. The minimum Gasteiger partial charge on any atom is -0.485 e. The van der Waals surface area contributed by atoms with Gasteiger partial charge in [-0.3, -0.25) is 0 Å². The number of hydrogen-bond donors (Lipinski definition) is 0. The van der Waals surface area contributed by atoms with Crippen molar-refractivity contribution in [1.82, 2.24) is 5.16 Å². The second-order valence-electron chi connectivity index (χ2n) is 6.87. The summed E-state index contributed by atoms with van der Waals surface area (Å²) in [5.41, 5.74) is 5.12. The summed E-state index contributed by atoms with van der Waals surface area (Å²) in [5, 5.41) is 4.45. The normalized spacial score (nSPS) is 18.1. The van der Waals surface area contributed by atoms with Gasteiger partial charge in [0.25, 0.3) is 0 Å². The van der Waals surface area contributed by atoms with Crippen molar-refractivity contribution in [3.63, 3.8) is 0 Å². The fourth-order valence-electron chi connectivity index (χ4n) is 3.84. The van der Waals surface area contributed by atoms with Gasteiger partial charge in [-0.05, 0) is 6.07 Å². The molecule has 132 valence electrons. The van der Waals surface area contributed by atoms with Crippen LogP contribution in [0.1, 0.15) is 30.1 Å². The van der Waals surface area contributed by atoms with Crippen molar-refractivity contribution < 1.29 is 9.26 Å².